The number of carboxylic acid groups (broad SMARTS) is 1. The number of nitrogens with zero attached hydrogens (tertiary/aromatic N) is 1. The second-order valence-corrected chi connectivity index (χ2v) is 8.20. The third-order valence-electron chi connectivity index (χ3n) is 4.20. The molecule has 8 nitrogen and oxygen atoms in total. The summed E-state index contributed by atoms with van der Waals surface area (Å²) in [6, 6.07) is 4.26. The van der Waals surface area contributed by atoms with E-state index in [9.17, 15) is 24.6 Å². The summed E-state index contributed by atoms with van der Waals surface area (Å²) in [4.78, 5) is 37.0. The topological polar surface area (TPSA) is 116 Å². The molecular formula is C16H18N2O6S. The normalized spacial score (nSPS) is 26.6. The van der Waals surface area contributed by atoms with Gasteiger partial charge in [0.15, 0.2) is 6.61 Å². The van der Waals surface area contributed by atoms with E-state index >= 15 is 0 Å². The number of aliphatic carboxylic acids is 1. The quantitative estimate of drug-likeness (QED) is 0.646. The van der Waals surface area contributed by atoms with Crippen LogP contribution in [0.2, 0.25) is 0 Å². The number of rotatable bonds is 5. The number of nitrogens with one attached hydrogen (secondary N) is 1. The molecule has 0 bridgehead atoms. The minimum Gasteiger partial charge on any atom is -0.508 e. The summed E-state index contributed by atoms with van der Waals surface area (Å²) < 4.78 is 4.66. The third-order valence-corrected chi connectivity index (χ3v) is 5.77. The molecule has 2 aliphatic rings. The van der Waals surface area contributed by atoms with Crippen LogP contribution in [0.3, 0.4) is 0 Å². The minimum absolute atomic E-state index is 0.0887. The first-order chi connectivity index (χ1) is 11.7. The number of hydrogen-bond donors (Lipinski definition) is 3. The molecule has 0 radical (unpaired) electrons. The highest BCUT2D eigenvalue weighted by Gasteiger charge is 2.64. The molecular weight excluding hydrogens is 348 g/mol. The summed E-state index contributed by atoms with van der Waals surface area (Å²) in [5.74, 6) is -1.41. The highest BCUT2D eigenvalue weighted by Crippen LogP contribution is 2.50. The SMILES string of the molecule is CC1(C)S[C@@H]2[C@H](NC(=O)COc3ccc(O)cc3)C(=O)N2[C@H]1C(=O)O. The fraction of sp³-hybridized carbons (Fsp3) is 0.438. The summed E-state index contributed by atoms with van der Waals surface area (Å²) >= 11 is 1.36. The van der Waals surface area contributed by atoms with Crippen LogP contribution >= 0.6 is 11.8 Å². The number of amides is 2. The molecule has 3 atom stereocenters. The van der Waals surface area contributed by atoms with Crippen molar-refractivity contribution >= 4 is 29.5 Å². The van der Waals surface area contributed by atoms with Crippen LogP contribution in [0.25, 0.3) is 0 Å². The molecule has 0 aromatic heterocycles. The van der Waals surface area contributed by atoms with Crippen molar-refractivity contribution in [3.63, 3.8) is 0 Å². The Bertz CT molecular complexity index is 720. The van der Waals surface area contributed by atoms with Crippen LogP contribution in [-0.4, -0.2) is 61.7 Å². The van der Waals surface area contributed by atoms with Crippen LogP contribution in [0, 0.1) is 0 Å². The number of β-lactam (4-membered cyclic amide) rings is 1. The number of thioether (sulfide) groups is 1. The maximum atomic E-state index is 12.3. The smallest absolute Gasteiger partial charge is 0.327 e. The predicted octanol–water partition coefficient (Wildman–Crippen LogP) is 0.403. The van der Waals surface area contributed by atoms with E-state index in [1.807, 2.05) is 0 Å². The van der Waals surface area contributed by atoms with E-state index in [2.05, 4.69) is 5.32 Å². The van der Waals surface area contributed by atoms with Crippen LogP contribution in [0.4, 0.5) is 0 Å². The first-order valence-corrected chi connectivity index (χ1v) is 8.52. The van der Waals surface area contributed by atoms with E-state index in [-0.39, 0.29) is 17.7 Å². The van der Waals surface area contributed by atoms with E-state index < -0.39 is 34.6 Å². The third kappa shape index (κ3) is 3.11. The number of hydrogen-bond acceptors (Lipinski definition) is 6. The molecule has 0 spiro atoms. The number of benzene rings is 1. The fourth-order valence-corrected chi connectivity index (χ4v) is 4.68. The van der Waals surface area contributed by atoms with Crippen molar-refractivity contribution < 1.29 is 29.3 Å². The Labute approximate surface area is 148 Å². The summed E-state index contributed by atoms with van der Waals surface area (Å²) in [5, 5.41) is 20.8. The molecule has 2 saturated heterocycles. The van der Waals surface area contributed by atoms with Crippen LogP contribution in [0.5, 0.6) is 11.5 Å². The van der Waals surface area contributed by atoms with Gasteiger partial charge in [-0.1, -0.05) is 0 Å². The molecule has 0 aliphatic carbocycles. The standard InChI is InChI=1S/C16H18N2O6S/c1-16(2)12(15(22)23)18-13(21)11(14(18)25-16)17-10(20)7-24-9-5-3-8(19)4-6-9/h3-6,11-12,14,19H,7H2,1-2H3,(H,17,20)(H,22,23)/t11-,12+,14-/m1/s1. The lowest BCUT2D eigenvalue weighted by Crippen LogP contribution is -2.70. The molecule has 3 N–H and O–H groups in total. The fourth-order valence-electron chi connectivity index (χ4n) is 3.05. The molecule has 2 aliphatic heterocycles. The number of phenols is 1. The minimum atomic E-state index is -1.05. The van der Waals surface area contributed by atoms with Gasteiger partial charge in [0.2, 0.25) is 5.91 Å². The van der Waals surface area contributed by atoms with E-state index in [1.54, 1.807) is 13.8 Å². The molecule has 1 aromatic rings. The van der Waals surface area contributed by atoms with Gasteiger partial charge in [-0.3, -0.25) is 9.59 Å². The van der Waals surface area contributed by atoms with E-state index in [4.69, 9.17) is 4.74 Å². The molecule has 0 unspecified atom stereocenters. The van der Waals surface area contributed by atoms with Gasteiger partial charge in [0.25, 0.3) is 5.91 Å². The zero-order valence-corrected chi connectivity index (χ0v) is 14.4. The van der Waals surface area contributed by atoms with Crippen LogP contribution in [0.1, 0.15) is 13.8 Å². The molecule has 1 aromatic carbocycles. The van der Waals surface area contributed by atoms with Crippen molar-refractivity contribution in [3.05, 3.63) is 24.3 Å². The zero-order chi connectivity index (χ0) is 18.4. The van der Waals surface area contributed by atoms with Gasteiger partial charge in [-0.2, -0.15) is 0 Å². The number of ether oxygens (including phenoxy) is 1. The second-order valence-electron chi connectivity index (χ2n) is 6.43. The van der Waals surface area contributed by atoms with Gasteiger partial charge >= 0.3 is 5.97 Å². The Morgan fingerprint density at radius 1 is 1.32 bits per heavy atom. The number of carbonyl (C=O) groups is 3. The Kier molecular flexibility index (Phi) is 4.28. The number of carbonyl (C=O) groups excluding carboxylic acids is 2. The van der Waals surface area contributed by atoms with Gasteiger partial charge in [0, 0.05) is 4.75 Å². The molecule has 25 heavy (non-hydrogen) atoms. The highest BCUT2D eigenvalue weighted by molar-refractivity contribution is 8.01. The molecule has 2 heterocycles. The van der Waals surface area contributed by atoms with Gasteiger partial charge in [0.05, 0.1) is 0 Å². The Hall–Kier alpha value is -2.42. The Balaban J connectivity index is 1.57. The second kappa shape index (κ2) is 6.14. The summed E-state index contributed by atoms with van der Waals surface area (Å²) in [6.07, 6.45) is 0. The maximum absolute atomic E-state index is 12.3. The van der Waals surface area contributed by atoms with Gasteiger partial charge < -0.3 is 25.2 Å². The van der Waals surface area contributed by atoms with Crippen molar-refractivity contribution in [2.75, 3.05) is 6.61 Å². The molecule has 2 amide bonds. The lowest BCUT2D eigenvalue weighted by molar-refractivity contribution is -0.161. The first kappa shape index (κ1) is 17.4. The van der Waals surface area contributed by atoms with Crippen molar-refractivity contribution in [2.24, 2.45) is 0 Å². The summed E-state index contributed by atoms with van der Waals surface area (Å²) in [5.41, 5.74) is 0. The highest BCUT2D eigenvalue weighted by atomic mass is 32.2. The van der Waals surface area contributed by atoms with E-state index in [1.165, 1.54) is 40.9 Å². The van der Waals surface area contributed by atoms with Crippen molar-refractivity contribution in [2.45, 2.75) is 36.1 Å². The van der Waals surface area contributed by atoms with Crippen molar-refractivity contribution in [1.29, 1.82) is 0 Å². The van der Waals surface area contributed by atoms with Gasteiger partial charge in [0.1, 0.15) is 29.0 Å². The lowest BCUT2D eigenvalue weighted by Gasteiger charge is -2.43. The largest absolute Gasteiger partial charge is 0.508 e. The number of aromatic hydroxyl groups is 1. The zero-order valence-electron chi connectivity index (χ0n) is 13.6. The number of fused-ring (bicyclic) bond motifs is 1. The van der Waals surface area contributed by atoms with Gasteiger partial charge in [-0.05, 0) is 38.1 Å². The average molecular weight is 366 g/mol. The molecule has 9 heteroatoms. The average Bonchev–Trinajstić information content (AvgIpc) is 2.80. The van der Waals surface area contributed by atoms with Crippen LogP contribution in [0.15, 0.2) is 24.3 Å². The Morgan fingerprint density at radius 2 is 1.96 bits per heavy atom. The van der Waals surface area contributed by atoms with Crippen molar-refractivity contribution in [3.8, 4) is 11.5 Å². The first-order valence-electron chi connectivity index (χ1n) is 7.65. The number of carboxylic acids is 1. The van der Waals surface area contributed by atoms with Crippen molar-refractivity contribution in [1.82, 2.24) is 10.2 Å². The van der Waals surface area contributed by atoms with E-state index in [0.29, 0.717) is 5.75 Å². The summed E-state index contributed by atoms with van der Waals surface area (Å²) in [7, 11) is 0. The van der Waals surface area contributed by atoms with E-state index in [0.717, 1.165) is 0 Å². The lowest BCUT2D eigenvalue weighted by atomic mass is 9.96. The molecule has 134 valence electrons. The predicted molar refractivity (Wildman–Crippen MR) is 89.3 cm³/mol. The molecule has 0 saturated carbocycles. The monoisotopic (exact) mass is 366 g/mol. The maximum Gasteiger partial charge on any atom is 0.327 e. The summed E-state index contributed by atoms with van der Waals surface area (Å²) in [6.45, 7) is 3.27. The van der Waals surface area contributed by atoms with Gasteiger partial charge in [-0.15, -0.1) is 11.8 Å². The molecule has 3 rings (SSSR count). The van der Waals surface area contributed by atoms with Gasteiger partial charge in [-0.25, -0.2) is 4.79 Å². The molecule has 2 fully saturated rings. The Morgan fingerprint density at radius 3 is 2.56 bits per heavy atom. The number of phenolic OH excluding ortho intramolecular Hbond substituents is 1. The van der Waals surface area contributed by atoms with Crippen LogP contribution < -0.4 is 10.1 Å². The van der Waals surface area contributed by atoms with Crippen LogP contribution in [-0.2, 0) is 14.4 Å².